The number of alkyl halides is 3. The van der Waals surface area contributed by atoms with Crippen molar-refractivity contribution in [3.63, 3.8) is 0 Å². The van der Waals surface area contributed by atoms with Gasteiger partial charge in [-0.25, -0.2) is 14.4 Å². The second-order valence-corrected chi connectivity index (χ2v) is 6.28. The minimum atomic E-state index is -2.89. The van der Waals surface area contributed by atoms with Gasteiger partial charge < -0.3 is 15.4 Å². The van der Waals surface area contributed by atoms with Gasteiger partial charge in [0, 0.05) is 18.8 Å². The van der Waals surface area contributed by atoms with E-state index in [1.807, 2.05) is 12.1 Å². The van der Waals surface area contributed by atoms with Gasteiger partial charge in [-0.2, -0.15) is 8.78 Å². The first-order valence-electron chi connectivity index (χ1n) is 8.61. The van der Waals surface area contributed by atoms with E-state index in [1.54, 1.807) is 22.9 Å². The van der Waals surface area contributed by atoms with E-state index in [1.165, 1.54) is 12.1 Å². The summed E-state index contributed by atoms with van der Waals surface area (Å²) >= 11 is 0. The highest BCUT2D eigenvalue weighted by molar-refractivity contribution is 5.62. The zero-order valence-corrected chi connectivity index (χ0v) is 14.3. The molecule has 2 N–H and O–H groups in total. The van der Waals surface area contributed by atoms with Crippen LogP contribution in [-0.4, -0.2) is 46.3 Å². The lowest BCUT2D eigenvalue weighted by Gasteiger charge is -2.28. The van der Waals surface area contributed by atoms with Gasteiger partial charge in [0.1, 0.15) is 23.4 Å². The van der Waals surface area contributed by atoms with E-state index in [2.05, 4.69) is 25.3 Å². The summed E-state index contributed by atoms with van der Waals surface area (Å²) in [5.74, 6) is 0.605. The fourth-order valence-corrected chi connectivity index (χ4v) is 3.14. The van der Waals surface area contributed by atoms with Crippen LogP contribution in [-0.2, 0) is 0 Å². The average Bonchev–Trinajstić information content (AvgIpc) is 3.07. The largest absolute Gasteiger partial charge is 0.435 e. The second kappa shape index (κ2) is 7.43. The van der Waals surface area contributed by atoms with Crippen molar-refractivity contribution in [3.05, 3.63) is 42.7 Å². The normalized spacial score (nSPS) is 20.1. The Balaban J connectivity index is 1.60. The minimum absolute atomic E-state index is 0.0387. The molecule has 0 spiro atoms. The van der Waals surface area contributed by atoms with Crippen LogP contribution in [0.5, 0.6) is 5.75 Å². The molecule has 3 aromatic heterocycles. The SMILES string of the molecule is FC(F)Oc1ccn2c(-c3cccc(NC4CNCCC4F)n3)cnc2c1. The number of aromatic nitrogens is 3. The number of piperidine rings is 1. The van der Waals surface area contributed by atoms with Crippen LogP contribution in [0.4, 0.5) is 19.0 Å². The lowest BCUT2D eigenvalue weighted by molar-refractivity contribution is -0.0498. The number of rotatable bonds is 5. The number of imidazole rings is 1. The highest BCUT2D eigenvalue weighted by Gasteiger charge is 2.24. The predicted molar refractivity (Wildman–Crippen MR) is 94.8 cm³/mol. The molecule has 1 aliphatic rings. The number of hydrogen-bond acceptors (Lipinski definition) is 5. The van der Waals surface area contributed by atoms with Gasteiger partial charge in [0.15, 0.2) is 0 Å². The maximum absolute atomic E-state index is 14.0. The third-order valence-corrected chi connectivity index (χ3v) is 4.45. The van der Waals surface area contributed by atoms with Crippen LogP contribution in [0.25, 0.3) is 17.0 Å². The maximum Gasteiger partial charge on any atom is 0.387 e. The molecule has 0 amide bonds. The van der Waals surface area contributed by atoms with Gasteiger partial charge in [-0.05, 0) is 31.2 Å². The van der Waals surface area contributed by atoms with E-state index in [-0.39, 0.29) is 11.8 Å². The number of halogens is 3. The van der Waals surface area contributed by atoms with Crippen LogP contribution < -0.4 is 15.4 Å². The van der Waals surface area contributed by atoms with Crippen LogP contribution in [0.15, 0.2) is 42.7 Å². The Morgan fingerprint density at radius 2 is 2.19 bits per heavy atom. The molecule has 3 aromatic rings. The smallest absolute Gasteiger partial charge is 0.387 e. The fraction of sp³-hybridized carbons (Fsp3) is 0.333. The quantitative estimate of drug-likeness (QED) is 0.715. The van der Waals surface area contributed by atoms with Crippen molar-refractivity contribution in [2.45, 2.75) is 25.2 Å². The molecule has 27 heavy (non-hydrogen) atoms. The first kappa shape index (κ1) is 17.6. The first-order chi connectivity index (χ1) is 13.1. The summed E-state index contributed by atoms with van der Waals surface area (Å²) < 4.78 is 44.9. The second-order valence-electron chi connectivity index (χ2n) is 6.28. The molecule has 1 saturated heterocycles. The molecule has 9 heteroatoms. The topological polar surface area (TPSA) is 63.5 Å². The molecule has 0 aromatic carbocycles. The molecule has 2 unspecified atom stereocenters. The molecule has 0 radical (unpaired) electrons. The van der Waals surface area contributed by atoms with Crippen molar-refractivity contribution in [2.24, 2.45) is 0 Å². The Morgan fingerprint density at radius 1 is 1.30 bits per heavy atom. The van der Waals surface area contributed by atoms with Crippen LogP contribution in [0.2, 0.25) is 0 Å². The zero-order chi connectivity index (χ0) is 18.8. The number of fused-ring (bicyclic) bond motifs is 1. The lowest BCUT2D eigenvalue weighted by atomic mass is 10.1. The molecule has 2 atom stereocenters. The number of nitrogens with zero attached hydrogens (tertiary/aromatic N) is 3. The van der Waals surface area contributed by atoms with E-state index < -0.39 is 12.8 Å². The number of ether oxygens (including phenoxy) is 1. The Hall–Kier alpha value is -2.81. The summed E-state index contributed by atoms with van der Waals surface area (Å²) in [4.78, 5) is 8.78. The maximum atomic E-state index is 14.0. The summed E-state index contributed by atoms with van der Waals surface area (Å²) in [5, 5.41) is 6.29. The van der Waals surface area contributed by atoms with Crippen molar-refractivity contribution in [1.29, 1.82) is 0 Å². The van der Waals surface area contributed by atoms with E-state index >= 15 is 0 Å². The monoisotopic (exact) mass is 377 g/mol. The molecule has 0 saturated carbocycles. The summed E-state index contributed by atoms with van der Waals surface area (Å²) in [6.45, 7) is -1.68. The number of nitrogens with one attached hydrogen (secondary N) is 2. The Kier molecular flexibility index (Phi) is 4.85. The molecule has 4 rings (SSSR count). The standard InChI is InChI=1S/C18H18F3N5O/c19-12-4-6-22-9-14(12)25-16-3-1-2-13(24-16)15-10-23-17-8-11(27-18(20)21)5-7-26(15)17/h1-3,5,7-8,10,12,14,18,22H,4,6,9H2,(H,24,25). The molecule has 0 bridgehead atoms. The molecule has 1 fully saturated rings. The first-order valence-corrected chi connectivity index (χ1v) is 8.61. The van der Waals surface area contributed by atoms with Gasteiger partial charge in [0.2, 0.25) is 0 Å². The lowest BCUT2D eigenvalue weighted by Crippen LogP contribution is -2.46. The van der Waals surface area contributed by atoms with Crippen molar-refractivity contribution in [2.75, 3.05) is 18.4 Å². The Morgan fingerprint density at radius 3 is 3.00 bits per heavy atom. The predicted octanol–water partition coefficient (Wildman–Crippen LogP) is 3.11. The van der Waals surface area contributed by atoms with E-state index in [0.717, 1.165) is 0 Å². The molecule has 6 nitrogen and oxygen atoms in total. The highest BCUT2D eigenvalue weighted by atomic mass is 19.3. The van der Waals surface area contributed by atoms with Crippen LogP contribution in [0, 0.1) is 0 Å². The highest BCUT2D eigenvalue weighted by Crippen LogP contribution is 2.24. The number of pyridine rings is 2. The third-order valence-electron chi connectivity index (χ3n) is 4.45. The zero-order valence-electron chi connectivity index (χ0n) is 14.3. The minimum Gasteiger partial charge on any atom is -0.435 e. The van der Waals surface area contributed by atoms with Gasteiger partial charge in [-0.15, -0.1) is 0 Å². The number of anilines is 1. The average molecular weight is 377 g/mol. The van der Waals surface area contributed by atoms with Gasteiger partial charge >= 0.3 is 6.61 Å². The van der Waals surface area contributed by atoms with Crippen LogP contribution in [0.3, 0.4) is 0 Å². The van der Waals surface area contributed by atoms with Crippen molar-refractivity contribution in [3.8, 4) is 17.1 Å². The van der Waals surface area contributed by atoms with Crippen molar-refractivity contribution in [1.82, 2.24) is 19.7 Å². The Bertz CT molecular complexity index is 932. The van der Waals surface area contributed by atoms with E-state index in [0.29, 0.717) is 42.4 Å². The van der Waals surface area contributed by atoms with Crippen LogP contribution in [0.1, 0.15) is 6.42 Å². The molecular formula is C18H18F3N5O. The van der Waals surface area contributed by atoms with Crippen molar-refractivity contribution < 1.29 is 17.9 Å². The van der Waals surface area contributed by atoms with E-state index in [4.69, 9.17) is 0 Å². The van der Waals surface area contributed by atoms with E-state index in [9.17, 15) is 13.2 Å². The molecule has 0 aliphatic carbocycles. The third kappa shape index (κ3) is 3.82. The van der Waals surface area contributed by atoms with Gasteiger partial charge in [-0.1, -0.05) is 6.07 Å². The summed E-state index contributed by atoms with van der Waals surface area (Å²) in [7, 11) is 0. The summed E-state index contributed by atoms with van der Waals surface area (Å²) in [6.07, 6.45) is 2.74. The molecular weight excluding hydrogens is 359 g/mol. The molecule has 4 heterocycles. The number of hydrogen-bond donors (Lipinski definition) is 2. The molecule has 142 valence electrons. The van der Waals surface area contributed by atoms with Gasteiger partial charge in [-0.3, -0.25) is 4.40 Å². The Labute approximate surface area is 153 Å². The van der Waals surface area contributed by atoms with Crippen molar-refractivity contribution >= 4 is 11.5 Å². The summed E-state index contributed by atoms with van der Waals surface area (Å²) in [6, 6.07) is 7.94. The van der Waals surface area contributed by atoms with Gasteiger partial charge in [0.25, 0.3) is 0 Å². The molecule has 1 aliphatic heterocycles. The van der Waals surface area contributed by atoms with Crippen LogP contribution >= 0.6 is 0 Å². The fourth-order valence-electron chi connectivity index (χ4n) is 3.14. The summed E-state index contributed by atoms with van der Waals surface area (Å²) in [5.41, 5.74) is 1.79. The van der Waals surface area contributed by atoms with Gasteiger partial charge in [0.05, 0.1) is 23.6 Å².